The first-order valence-electron chi connectivity index (χ1n) is 6.61. The molecule has 1 heterocycles. The number of rotatable bonds is 6. The Kier molecular flexibility index (Phi) is 4.52. The number of carbonyl (C=O) groups is 2. The van der Waals surface area contributed by atoms with Crippen LogP contribution in [0.3, 0.4) is 0 Å². The predicted octanol–water partition coefficient (Wildman–Crippen LogP) is 2.12. The molecule has 1 N–H and O–H groups in total. The van der Waals surface area contributed by atoms with E-state index in [-0.39, 0.29) is 30.3 Å². The van der Waals surface area contributed by atoms with Crippen LogP contribution in [-0.4, -0.2) is 34.3 Å². The van der Waals surface area contributed by atoms with E-state index in [0.29, 0.717) is 5.13 Å². The van der Waals surface area contributed by atoms with Crippen molar-refractivity contribution in [1.29, 1.82) is 0 Å². The van der Waals surface area contributed by atoms with Gasteiger partial charge in [-0.15, -0.1) is 11.3 Å². The third-order valence-corrected chi connectivity index (χ3v) is 4.01. The largest absolute Gasteiger partial charge is 0.330 e. The van der Waals surface area contributed by atoms with E-state index in [1.165, 1.54) is 11.3 Å². The molecule has 0 unspecified atom stereocenters. The number of hydrogen-bond acceptors (Lipinski definition) is 4. The minimum absolute atomic E-state index is 0.0927. The predicted molar refractivity (Wildman–Crippen MR) is 74.9 cm³/mol. The van der Waals surface area contributed by atoms with Crippen molar-refractivity contribution in [2.75, 3.05) is 11.9 Å². The lowest BCUT2D eigenvalue weighted by molar-refractivity contribution is -0.138. The lowest BCUT2D eigenvalue weighted by Crippen LogP contribution is -2.44. The van der Waals surface area contributed by atoms with E-state index < -0.39 is 0 Å². The average molecular weight is 281 g/mol. The van der Waals surface area contributed by atoms with Crippen LogP contribution in [0.4, 0.5) is 5.13 Å². The van der Waals surface area contributed by atoms with E-state index in [9.17, 15) is 9.59 Å². The number of anilines is 1. The first-order valence-corrected chi connectivity index (χ1v) is 7.49. The Morgan fingerprint density at radius 1 is 1.58 bits per heavy atom. The molecule has 0 aliphatic heterocycles. The minimum Gasteiger partial charge on any atom is -0.330 e. The molecule has 1 atom stereocenters. The Morgan fingerprint density at radius 3 is 2.84 bits per heavy atom. The maximum absolute atomic E-state index is 12.2. The molecule has 1 aromatic heterocycles. The summed E-state index contributed by atoms with van der Waals surface area (Å²) in [5.74, 6) is 0.0783. The third kappa shape index (κ3) is 3.76. The molecule has 6 heteroatoms. The molecule has 0 spiro atoms. The van der Waals surface area contributed by atoms with Gasteiger partial charge in [0.15, 0.2) is 5.13 Å². The molecule has 1 aliphatic carbocycles. The Hall–Kier alpha value is -1.43. The molecule has 1 saturated carbocycles. The molecule has 0 radical (unpaired) electrons. The van der Waals surface area contributed by atoms with Crippen LogP contribution in [0.5, 0.6) is 0 Å². The molecule has 104 valence electrons. The van der Waals surface area contributed by atoms with E-state index >= 15 is 0 Å². The van der Waals surface area contributed by atoms with Crippen molar-refractivity contribution >= 4 is 28.3 Å². The van der Waals surface area contributed by atoms with Gasteiger partial charge in [0.1, 0.15) is 6.54 Å². The molecule has 2 rings (SSSR count). The number of thiazole rings is 1. The van der Waals surface area contributed by atoms with Gasteiger partial charge in [-0.3, -0.25) is 9.59 Å². The van der Waals surface area contributed by atoms with E-state index in [4.69, 9.17) is 0 Å². The van der Waals surface area contributed by atoms with Crippen molar-refractivity contribution in [2.45, 2.75) is 39.2 Å². The fraction of sp³-hybridized carbons (Fsp3) is 0.615. The quantitative estimate of drug-likeness (QED) is 0.868. The molecule has 0 aromatic carbocycles. The summed E-state index contributed by atoms with van der Waals surface area (Å²) in [5.41, 5.74) is 0. The van der Waals surface area contributed by atoms with E-state index in [1.54, 1.807) is 16.5 Å². The summed E-state index contributed by atoms with van der Waals surface area (Å²) in [6.07, 6.45) is 4.41. The normalized spacial score (nSPS) is 15.9. The number of nitrogens with one attached hydrogen (secondary N) is 1. The number of carbonyl (C=O) groups excluding carboxylic acids is 2. The fourth-order valence-electron chi connectivity index (χ4n) is 1.83. The van der Waals surface area contributed by atoms with Crippen LogP contribution in [0.1, 0.15) is 33.1 Å². The number of aromatic nitrogens is 1. The number of hydrogen-bond donors (Lipinski definition) is 1. The molecule has 2 amide bonds. The van der Waals surface area contributed by atoms with Gasteiger partial charge in [0.05, 0.1) is 0 Å². The molecule has 0 bridgehead atoms. The van der Waals surface area contributed by atoms with Crippen LogP contribution in [0.15, 0.2) is 11.6 Å². The lowest BCUT2D eigenvalue weighted by atomic mass is 10.2. The maximum atomic E-state index is 12.2. The molecular weight excluding hydrogens is 262 g/mol. The second-order valence-corrected chi connectivity index (χ2v) is 5.78. The van der Waals surface area contributed by atoms with Gasteiger partial charge < -0.3 is 10.2 Å². The molecule has 19 heavy (non-hydrogen) atoms. The van der Waals surface area contributed by atoms with Crippen LogP contribution in [0.25, 0.3) is 0 Å². The molecule has 5 nitrogen and oxygen atoms in total. The average Bonchev–Trinajstić information content (AvgIpc) is 3.13. The molecule has 1 aliphatic rings. The van der Waals surface area contributed by atoms with E-state index in [1.807, 2.05) is 13.8 Å². The summed E-state index contributed by atoms with van der Waals surface area (Å²) in [4.78, 5) is 29.8. The zero-order valence-electron chi connectivity index (χ0n) is 11.3. The van der Waals surface area contributed by atoms with Crippen LogP contribution in [0, 0.1) is 5.92 Å². The van der Waals surface area contributed by atoms with E-state index in [2.05, 4.69) is 10.3 Å². The van der Waals surface area contributed by atoms with Gasteiger partial charge >= 0.3 is 0 Å². The second-order valence-electron chi connectivity index (χ2n) is 4.88. The van der Waals surface area contributed by atoms with Gasteiger partial charge in [0, 0.05) is 23.5 Å². The second kappa shape index (κ2) is 6.14. The zero-order valence-corrected chi connectivity index (χ0v) is 12.1. The third-order valence-electron chi connectivity index (χ3n) is 3.33. The first kappa shape index (κ1) is 14.0. The highest BCUT2D eigenvalue weighted by molar-refractivity contribution is 7.13. The van der Waals surface area contributed by atoms with Gasteiger partial charge in [-0.05, 0) is 26.2 Å². The summed E-state index contributed by atoms with van der Waals surface area (Å²) in [6, 6.07) is 0.0927. The van der Waals surface area contributed by atoms with Gasteiger partial charge in [0.25, 0.3) is 0 Å². The summed E-state index contributed by atoms with van der Waals surface area (Å²) < 4.78 is 0. The van der Waals surface area contributed by atoms with E-state index in [0.717, 1.165) is 19.3 Å². The van der Waals surface area contributed by atoms with Crippen LogP contribution in [0.2, 0.25) is 0 Å². The number of nitrogens with zero attached hydrogens (tertiary/aromatic N) is 2. The molecule has 1 fully saturated rings. The van der Waals surface area contributed by atoms with Gasteiger partial charge in [-0.1, -0.05) is 6.92 Å². The monoisotopic (exact) mass is 281 g/mol. The van der Waals surface area contributed by atoms with Gasteiger partial charge in [0.2, 0.25) is 11.8 Å². The topological polar surface area (TPSA) is 62.3 Å². The summed E-state index contributed by atoms with van der Waals surface area (Å²) in [5, 5.41) is 5.10. The molecule has 0 saturated heterocycles. The van der Waals surface area contributed by atoms with Crippen molar-refractivity contribution in [3.05, 3.63) is 11.6 Å². The Labute approximate surface area is 117 Å². The lowest BCUT2D eigenvalue weighted by Gasteiger charge is -2.28. The highest BCUT2D eigenvalue weighted by atomic mass is 32.1. The van der Waals surface area contributed by atoms with Crippen molar-refractivity contribution in [2.24, 2.45) is 5.92 Å². The smallest absolute Gasteiger partial charge is 0.245 e. The maximum Gasteiger partial charge on any atom is 0.245 e. The van der Waals surface area contributed by atoms with Crippen LogP contribution < -0.4 is 5.32 Å². The first-order chi connectivity index (χ1) is 9.11. The summed E-state index contributed by atoms with van der Waals surface area (Å²) in [6.45, 7) is 4.12. The zero-order chi connectivity index (χ0) is 13.8. The van der Waals surface area contributed by atoms with Crippen molar-refractivity contribution in [3.63, 3.8) is 0 Å². The Balaban J connectivity index is 1.94. The van der Waals surface area contributed by atoms with Crippen molar-refractivity contribution < 1.29 is 9.59 Å². The standard InChI is InChI=1S/C13H19N3O2S/c1-3-9(2)16(12(18)10-4-5-10)8-11(17)15-13-14-6-7-19-13/h6-7,9-10H,3-5,8H2,1-2H3,(H,14,15,17)/t9-/m1/s1. The SMILES string of the molecule is CC[C@@H](C)N(CC(=O)Nc1nccs1)C(=O)C1CC1. The highest BCUT2D eigenvalue weighted by Gasteiger charge is 2.35. The highest BCUT2D eigenvalue weighted by Crippen LogP contribution is 2.31. The molecule has 1 aromatic rings. The van der Waals surface area contributed by atoms with Crippen molar-refractivity contribution in [1.82, 2.24) is 9.88 Å². The number of amides is 2. The van der Waals surface area contributed by atoms with Crippen LogP contribution >= 0.6 is 11.3 Å². The fourth-order valence-corrected chi connectivity index (χ4v) is 2.38. The summed E-state index contributed by atoms with van der Waals surface area (Å²) in [7, 11) is 0. The summed E-state index contributed by atoms with van der Waals surface area (Å²) >= 11 is 1.37. The van der Waals surface area contributed by atoms with Crippen molar-refractivity contribution in [3.8, 4) is 0 Å². The Bertz CT molecular complexity index is 443. The minimum atomic E-state index is -0.177. The molecular formula is C13H19N3O2S. The van der Waals surface area contributed by atoms with Crippen LogP contribution in [-0.2, 0) is 9.59 Å². The van der Waals surface area contributed by atoms with Gasteiger partial charge in [-0.25, -0.2) is 4.98 Å². The van der Waals surface area contributed by atoms with Gasteiger partial charge in [-0.2, -0.15) is 0 Å². The Morgan fingerprint density at radius 2 is 2.32 bits per heavy atom.